The van der Waals surface area contributed by atoms with Crippen LogP contribution in [0.25, 0.3) is 0 Å². The molecule has 0 aliphatic carbocycles. The van der Waals surface area contributed by atoms with Crippen molar-refractivity contribution in [2.75, 3.05) is 0 Å². The Morgan fingerprint density at radius 3 is 2.59 bits per heavy atom. The van der Waals surface area contributed by atoms with Crippen LogP contribution in [-0.2, 0) is 13.1 Å². The molecule has 0 atom stereocenters. The lowest BCUT2D eigenvalue weighted by molar-refractivity contribution is 0.1000. The minimum Gasteiger partial charge on any atom is -0.366 e. The summed E-state index contributed by atoms with van der Waals surface area (Å²) < 4.78 is 1.68. The zero-order valence-corrected chi connectivity index (χ0v) is 9.34. The molecule has 1 amide bonds. The summed E-state index contributed by atoms with van der Waals surface area (Å²) in [5, 5.41) is 4.08. The Labute approximate surface area is 99.0 Å². The first-order chi connectivity index (χ1) is 8.20. The molecule has 17 heavy (non-hydrogen) atoms. The summed E-state index contributed by atoms with van der Waals surface area (Å²) in [4.78, 5) is 10.9. The summed E-state index contributed by atoms with van der Waals surface area (Å²) in [5.41, 5.74) is 13.4. The maximum Gasteiger partial charge on any atom is 0.251 e. The van der Waals surface area contributed by atoms with E-state index in [1.165, 1.54) is 6.20 Å². The lowest BCUT2D eigenvalue weighted by Gasteiger charge is -2.07. The van der Waals surface area contributed by atoms with Gasteiger partial charge in [-0.25, -0.2) is 0 Å². The number of carbonyl (C=O) groups is 1. The van der Waals surface area contributed by atoms with Crippen LogP contribution in [0.1, 0.15) is 21.5 Å². The normalized spacial score (nSPS) is 10.4. The third kappa shape index (κ3) is 2.51. The lowest BCUT2D eigenvalue weighted by Crippen LogP contribution is -2.10. The molecule has 5 heteroatoms. The van der Waals surface area contributed by atoms with Gasteiger partial charge in [0, 0.05) is 12.7 Å². The van der Waals surface area contributed by atoms with Crippen LogP contribution in [0.15, 0.2) is 36.7 Å². The highest BCUT2D eigenvalue weighted by Gasteiger charge is 2.06. The molecule has 0 fully saturated rings. The molecule has 2 aromatic rings. The Balaban J connectivity index is 2.22. The van der Waals surface area contributed by atoms with E-state index in [2.05, 4.69) is 5.10 Å². The number of hydrogen-bond donors (Lipinski definition) is 2. The van der Waals surface area contributed by atoms with Gasteiger partial charge in [0.15, 0.2) is 0 Å². The van der Waals surface area contributed by atoms with Crippen molar-refractivity contribution in [3.8, 4) is 0 Å². The van der Waals surface area contributed by atoms with Crippen LogP contribution in [0.2, 0.25) is 0 Å². The zero-order valence-electron chi connectivity index (χ0n) is 9.34. The van der Waals surface area contributed by atoms with Crippen molar-refractivity contribution >= 4 is 5.91 Å². The van der Waals surface area contributed by atoms with E-state index in [1.807, 2.05) is 24.3 Å². The van der Waals surface area contributed by atoms with E-state index in [-0.39, 0.29) is 0 Å². The second-order valence-electron chi connectivity index (χ2n) is 3.76. The average molecular weight is 230 g/mol. The van der Waals surface area contributed by atoms with Crippen molar-refractivity contribution in [1.29, 1.82) is 0 Å². The smallest absolute Gasteiger partial charge is 0.251 e. The van der Waals surface area contributed by atoms with E-state index in [0.717, 1.165) is 11.1 Å². The molecular weight excluding hydrogens is 216 g/mol. The monoisotopic (exact) mass is 230 g/mol. The van der Waals surface area contributed by atoms with Gasteiger partial charge in [-0.05, 0) is 11.1 Å². The Hall–Kier alpha value is -2.14. The summed E-state index contributed by atoms with van der Waals surface area (Å²) in [6.07, 6.45) is 3.10. The molecular formula is C12H14N4O. The van der Waals surface area contributed by atoms with Gasteiger partial charge in [0.2, 0.25) is 0 Å². The van der Waals surface area contributed by atoms with Gasteiger partial charge >= 0.3 is 0 Å². The SMILES string of the molecule is NCc1ccccc1Cn1cc(C(N)=O)cn1. The number of primary amides is 1. The molecule has 0 saturated carbocycles. The molecule has 0 bridgehead atoms. The molecule has 1 heterocycles. The first-order valence-electron chi connectivity index (χ1n) is 5.30. The van der Waals surface area contributed by atoms with E-state index in [0.29, 0.717) is 18.7 Å². The first kappa shape index (κ1) is 11.3. The third-order valence-electron chi connectivity index (χ3n) is 2.59. The lowest BCUT2D eigenvalue weighted by atomic mass is 10.1. The highest BCUT2D eigenvalue weighted by molar-refractivity contribution is 5.92. The summed E-state index contributed by atoms with van der Waals surface area (Å²) in [7, 11) is 0. The van der Waals surface area contributed by atoms with E-state index in [9.17, 15) is 4.79 Å². The number of benzene rings is 1. The molecule has 1 aromatic carbocycles. The van der Waals surface area contributed by atoms with Crippen molar-refractivity contribution in [3.05, 3.63) is 53.3 Å². The van der Waals surface area contributed by atoms with Gasteiger partial charge in [-0.2, -0.15) is 5.10 Å². The Kier molecular flexibility index (Phi) is 3.20. The molecule has 2 rings (SSSR count). The van der Waals surface area contributed by atoms with Gasteiger partial charge in [0.05, 0.1) is 18.3 Å². The van der Waals surface area contributed by atoms with Crippen molar-refractivity contribution < 1.29 is 4.79 Å². The average Bonchev–Trinajstić information content (AvgIpc) is 2.78. The standard InChI is InChI=1S/C12H14N4O/c13-5-9-3-1-2-4-10(9)7-16-8-11(6-15-16)12(14)17/h1-4,6,8H,5,7,13H2,(H2,14,17). The van der Waals surface area contributed by atoms with Gasteiger partial charge in [-0.3, -0.25) is 9.48 Å². The summed E-state index contributed by atoms with van der Waals surface area (Å²) in [6, 6.07) is 7.87. The van der Waals surface area contributed by atoms with Gasteiger partial charge < -0.3 is 11.5 Å². The quantitative estimate of drug-likeness (QED) is 0.801. The van der Waals surface area contributed by atoms with Crippen LogP contribution in [0, 0.1) is 0 Å². The topological polar surface area (TPSA) is 86.9 Å². The van der Waals surface area contributed by atoms with E-state index in [1.54, 1.807) is 10.9 Å². The Bertz CT molecular complexity index is 533. The van der Waals surface area contributed by atoms with Crippen LogP contribution in [0.3, 0.4) is 0 Å². The van der Waals surface area contributed by atoms with Crippen molar-refractivity contribution in [3.63, 3.8) is 0 Å². The van der Waals surface area contributed by atoms with Crippen LogP contribution >= 0.6 is 0 Å². The minimum atomic E-state index is -0.469. The van der Waals surface area contributed by atoms with Crippen LogP contribution < -0.4 is 11.5 Å². The summed E-state index contributed by atoms with van der Waals surface area (Å²) in [5.74, 6) is -0.469. The van der Waals surface area contributed by atoms with Crippen molar-refractivity contribution in [2.24, 2.45) is 11.5 Å². The van der Waals surface area contributed by atoms with Crippen molar-refractivity contribution in [2.45, 2.75) is 13.1 Å². The van der Waals surface area contributed by atoms with Crippen LogP contribution in [-0.4, -0.2) is 15.7 Å². The number of amides is 1. The van der Waals surface area contributed by atoms with Crippen LogP contribution in [0.5, 0.6) is 0 Å². The molecule has 0 aliphatic rings. The number of carbonyl (C=O) groups excluding carboxylic acids is 1. The molecule has 5 nitrogen and oxygen atoms in total. The fourth-order valence-electron chi connectivity index (χ4n) is 1.66. The first-order valence-corrected chi connectivity index (χ1v) is 5.30. The summed E-state index contributed by atoms with van der Waals surface area (Å²) in [6.45, 7) is 1.07. The fraction of sp³-hybridized carbons (Fsp3) is 0.167. The predicted octanol–water partition coefficient (Wildman–Crippen LogP) is 0.489. The van der Waals surface area contributed by atoms with Gasteiger partial charge in [0.1, 0.15) is 0 Å². The van der Waals surface area contributed by atoms with E-state index < -0.39 is 5.91 Å². The molecule has 0 spiro atoms. The summed E-state index contributed by atoms with van der Waals surface area (Å²) >= 11 is 0. The van der Waals surface area contributed by atoms with Crippen LogP contribution in [0.4, 0.5) is 0 Å². The number of aromatic nitrogens is 2. The number of rotatable bonds is 4. The maximum absolute atomic E-state index is 10.9. The molecule has 1 aromatic heterocycles. The molecule has 88 valence electrons. The second kappa shape index (κ2) is 4.80. The minimum absolute atomic E-state index is 0.412. The molecule has 0 saturated heterocycles. The number of nitrogens with two attached hydrogens (primary N) is 2. The van der Waals surface area contributed by atoms with E-state index >= 15 is 0 Å². The predicted molar refractivity (Wildman–Crippen MR) is 64.2 cm³/mol. The molecule has 0 aliphatic heterocycles. The highest BCUT2D eigenvalue weighted by Crippen LogP contribution is 2.10. The van der Waals surface area contributed by atoms with Gasteiger partial charge in [0.25, 0.3) is 5.91 Å². The van der Waals surface area contributed by atoms with Gasteiger partial charge in [-0.1, -0.05) is 24.3 Å². The third-order valence-corrected chi connectivity index (χ3v) is 2.59. The van der Waals surface area contributed by atoms with Crippen molar-refractivity contribution in [1.82, 2.24) is 9.78 Å². The maximum atomic E-state index is 10.9. The molecule has 4 N–H and O–H groups in total. The molecule has 0 unspecified atom stereocenters. The second-order valence-corrected chi connectivity index (χ2v) is 3.76. The molecule has 0 radical (unpaired) electrons. The fourth-order valence-corrected chi connectivity index (χ4v) is 1.66. The number of nitrogens with zero attached hydrogens (tertiary/aromatic N) is 2. The Morgan fingerprint density at radius 2 is 2.00 bits per heavy atom. The largest absolute Gasteiger partial charge is 0.366 e. The van der Waals surface area contributed by atoms with Gasteiger partial charge in [-0.15, -0.1) is 0 Å². The van der Waals surface area contributed by atoms with E-state index in [4.69, 9.17) is 11.5 Å². The zero-order chi connectivity index (χ0) is 12.3. The highest BCUT2D eigenvalue weighted by atomic mass is 16.1. The Morgan fingerprint density at radius 1 is 1.29 bits per heavy atom. The number of hydrogen-bond acceptors (Lipinski definition) is 3.